The maximum atomic E-state index is 14.7. The van der Waals surface area contributed by atoms with Gasteiger partial charge in [0.2, 0.25) is 0 Å². The largest absolute Gasteiger partial charge is 0.486 e. The first-order valence-electron chi connectivity index (χ1n) is 9.49. The Morgan fingerprint density at radius 3 is 2.76 bits per heavy atom. The molecule has 0 bridgehead atoms. The van der Waals surface area contributed by atoms with Crippen molar-refractivity contribution in [2.75, 3.05) is 18.5 Å². The number of ether oxygens (including phenoxy) is 2. The van der Waals surface area contributed by atoms with Crippen LogP contribution in [0.25, 0.3) is 5.69 Å². The van der Waals surface area contributed by atoms with Crippen molar-refractivity contribution in [2.45, 2.75) is 26.4 Å². The summed E-state index contributed by atoms with van der Waals surface area (Å²) in [6, 6.07) is 13.4. The van der Waals surface area contributed by atoms with Crippen LogP contribution < -0.4 is 10.1 Å². The van der Waals surface area contributed by atoms with Gasteiger partial charge >= 0.3 is 0 Å². The molecular weight excluding hydrogens is 373 g/mol. The Morgan fingerprint density at radius 2 is 2.07 bits per heavy atom. The summed E-state index contributed by atoms with van der Waals surface area (Å²) in [7, 11) is 0. The molecule has 6 nitrogen and oxygen atoms in total. The molecule has 0 radical (unpaired) electrons. The van der Waals surface area contributed by atoms with Crippen molar-refractivity contribution >= 4 is 11.6 Å². The number of carbonyl (C=O) groups is 1. The number of aryl methyl sites for hydroxylation is 2. The summed E-state index contributed by atoms with van der Waals surface area (Å²) in [6.45, 7) is 4.90. The van der Waals surface area contributed by atoms with Crippen LogP contribution in [0.15, 0.2) is 48.5 Å². The van der Waals surface area contributed by atoms with Crippen molar-refractivity contribution in [2.24, 2.45) is 0 Å². The molecule has 1 aliphatic heterocycles. The maximum Gasteiger partial charge on any atom is 0.255 e. The van der Waals surface area contributed by atoms with Gasteiger partial charge in [-0.3, -0.25) is 4.79 Å². The van der Waals surface area contributed by atoms with E-state index in [1.54, 1.807) is 30.3 Å². The number of halogens is 1. The molecule has 150 valence electrons. The zero-order valence-corrected chi connectivity index (χ0v) is 16.3. The van der Waals surface area contributed by atoms with Crippen LogP contribution in [-0.2, 0) is 4.74 Å². The lowest BCUT2D eigenvalue weighted by atomic mass is 10.1. The van der Waals surface area contributed by atoms with Gasteiger partial charge in [0, 0.05) is 17.7 Å². The Bertz CT molecular complexity index is 1040. The molecule has 0 unspecified atom stereocenters. The van der Waals surface area contributed by atoms with Crippen molar-refractivity contribution in [1.29, 1.82) is 0 Å². The van der Waals surface area contributed by atoms with Crippen LogP contribution >= 0.6 is 0 Å². The number of para-hydroxylation sites is 2. The average Bonchev–Trinajstić information content (AvgIpc) is 3.32. The highest BCUT2D eigenvalue weighted by Crippen LogP contribution is 2.27. The van der Waals surface area contributed by atoms with Crippen LogP contribution in [0.3, 0.4) is 0 Å². The molecule has 1 atom stereocenters. The van der Waals surface area contributed by atoms with E-state index in [9.17, 15) is 9.18 Å². The van der Waals surface area contributed by atoms with E-state index in [2.05, 4.69) is 10.4 Å². The third kappa shape index (κ3) is 4.14. The van der Waals surface area contributed by atoms with Crippen LogP contribution in [0.4, 0.5) is 10.1 Å². The van der Waals surface area contributed by atoms with E-state index < -0.39 is 11.7 Å². The van der Waals surface area contributed by atoms with E-state index in [4.69, 9.17) is 9.47 Å². The minimum Gasteiger partial charge on any atom is -0.486 e. The lowest BCUT2D eigenvalue weighted by molar-refractivity contribution is 0.102. The highest BCUT2D eigenvalue weighted by Gasteiger charge is 2.20. The number of aromatic nitrogens is 2. The molecule has 0 aliphatic carbocycles. The summed E-state index contributed by atoms with van der Waals surface area (Å²) in [6.07, 6.45) is 0.770. The summed E-state index contributed by atoms with van der Waals surface area (Å²) in [5.74, 6) is -0.366. The van der Waals surface area contributed by atoms with Gasteiger partial charge in [0.15, 0.2) is 0 Å². The molecule has 1 aromatic heterocycles. The number of hydrogen-bond acceptors (Lipinski definition) is 4. The fraction of sp³-hybridized carbons (Fsp3) is 0.273. The second-order valence-corrected chi connectivity index (χ2v) is 7.06. The number of amides is 1. The highest BCUT2D eigenvalue weighted by atomic mass is 19.1. The zero-order valence-electron chi connectivity index (χ0n) is 16.3. The lowest BCUT2D eigenvalue weighted by Crippen LogP contribution is -2.18. The van der Waals surface area contributed by atoms with Crippen LogP contribution in [0.2, 0.25) is 0 Å². The van der Waals surface area contributed by atoms with Gasteiger partial charge in [-0.15, -0.1) is 0 Å². The molecule has 1 N–H and O–H groups in total. The number of hydrogen-bond donors (Lipinski definition) is 1. The Balaban J connectivity index is 1.53. The smallest absolute Gasteiger partial charge is 0.255 e. The second kappa shape index (κ2) is 8.05. The molecule has 4 rings (SSSR count). The van der Waals surface area contributed by atoms with Crippen molar-refractivity contribution in [3.8, 4) is 11.4 Å². The summed E-state index contributed by atoms with van der Waals surface area (Å²) in [5.41, 5.74) is 2.67. The van der Waals surface area contributed by atoms with Crippen LogP contribution in [0, 0.1) is 19.7 Å². The van der Waals surface area contributed by atoms with Gasteiger partial charge in [-0.25, -0.2) is 9.07 Å². The predicted octanol–water partition coefficient (Wildman–Crippen LogP) is 4.05. The highest BCUT2D eigenvalue weighted by molar-refractivity contribution is 6.05. The molecule has 0 spiro atoms. The van der Waals surface area contributed by atoms with Gasteiger partial charge in [0.05, 0.1) is 24.6 Å². The predicted molar refractivity (Wildman–Crippen MR) is 107 cm³/mol. The first-order valence-corrected chi connectivity index (χ1v) is 9.49. The second-order valence-electron chi connectivity index (χ2n) is 7.06. The Hall–Kier alpha value is -3.19. The van der Waals surface area contributed by atoms with E-state index in [1.807, 2.05) is 26.0 Å². The number of nitrogens with one attached hydrogen (secondary N) is 1. The van der Waals surface area contributed by atoms with Crippen LogP contribution in [-0.4, -0.2) is 35.0 Å². The average molecular weight is 395 g/mol. The fourth-order valence-corrected chi connectivity index (χ4v) is 3.35. The lowest BCUT2D eigenvalue weighted by Gasteiger charge is -2.16. The number of nitrogens with zero attached hydrogens (tertiary/aromatic N) is 2. The third-order valence-electron chi connectivity index (χ3n) is 4.76. The first-order chi connectivity index (χ1) is 14.0. The van der Waals surface area contributed by atoms with Crippen molar-refractivity contribution < 1.29 is 18.7 Å². The van der Waals surface area contributed by atoms with E-state index in [0.717, 1.165) is 17.8 Å². The molecular formula is C22H22FN3O3. The summed E-state index contributed by atoms with van der Waals surface area (Å²) >= 11 is 0. The topological polar surface area (TPSA) is 65.4 Å². The van der Waals surface area contributed by atoms with Gasteiger partial charge in [-0.2, -0.15) is 5.10 Å². The SMILES string of the molecule is Cc1cc(C)n(-c2ccc(C(=O)Nc3ccccc3O[C@@H]3CCOC3)cc2F)n1. The summed E-state index contributed by atoms with van der Waals surface area (Å²) in [4.78, 5) is 12.7. The van der Waals surface area contributed by atoms with Crippen molar-refractivity contribution in [3.63, 3.8) is 0 Å². The molecule has 1 fully saturated rings. The van der Waals surface area contributed by atoms with Gasteiger partial charge in [0.1, 0.15) is 23.4 Å². The van der Waals surface area contributed by atoms with E-state index in [-0.39, 0.29) is 11.7 Å². The zero-order chi connectivity index (χ0) is 20.4. The number of rotatable bonds is 5. The van der Waals surface area contributed by atoms with Gasteiger partial charge < -0.3 is 14.8 Å². The van der Waals surface area contributed by atoms with Crippen molar-refractivity contribution in [3.05, 3.63) is 71.3 Å². The number of benzene rings is 2. The maximum absolute atomic E-state index is 14.7. The Labute approximate surface area is 168 Å². The minimum atomic E-state index is -0.517. The van der Waals surface area contributed by atoms with Gasteiger partial charge in [-0.05, 0) is 50.2 Å². The minimum absolute atomic E-state index is 0.0365. The van der Waals surface area contributed by atoms with Crippen molar-refractivity contribution in [1.82, 2.24) is 9.78 Å². The quantitative estimate of drug-likeness (QED) is 0.708. The Morgan fingerprint density at radius 1 is 1.24 bits per heavy atom. The normalized spacial score (nSPS) is 16.0. The standard InChI is InChI=1S/C22H22FN3O3/c1-14-11-15(2)26(25-14)20-8-7-16(12-18(20)23)22(27)24-19-5-3-4-6-21(19)29-17-9-10-28-13-17/h3-8,11-12,17H,9-10,13H2,1-2H3,(H,24,27)/t17-/m1/s1. The van der Waals surface area contributed by atoms with E-state index >= 15 is 0 Å². The Kier molecular flexibility index (Phi) is 5.31. The fourth-order valence-electron chi connectivity index (χ4n) is 3.35. The summed E-state index contributed by atoms with van der Waals surface area (Å²) < 4.78 is 27.5. The first kappa shape index (κ1) is 19.1. The molecule has 29 heavy (non-hydrogen) atoms. The molecule has 1 saturated heterocycles. The number of carbonyl (C=O) groups excluding carboxylic acids is 1. The van der Waals surface area contributed by atoms with Crippen LogP contribution in [0.5, 0.6) is 5.75 Å². The molecule has 3 aromatic rings. The van der Waals surface area contributed by atoms with Gasteiger partial charge in [0.25, 0.3) is 5.91 Å². The number of anilines is 1. The van der Waals surface area contributed by atoms with Crippen LogP contribution in [0.1, 0.15) is 28.2 Å². The molecule has 2 heterocycles. The molecule has 0 saturated carbocycles. The van der Waals surface area contributed by atoms with Gasteiger partial charge in [-0.1, -0.05) is 12.1 Å². The van der Waals surface area contributed by atoms with E-state index in [0.29, 0.717) is 30.3 Å². The molecule has 1 amide bonds. The summed E-state index contributed by atoms with van der Waals surface area (Å²) in [5, 5.41) is 7.10. The molecule has 1 aliphatic rings. The monoisotopic (exact) mass is 395 g/mol. The van der Waals surface area contributed by atoms with E-state index in [1.165, 1.54) is 10.7 Å². The third-order valence-corrected chi connectivity index (χ3v) is 4.76. The molecule has 7 heteroatoms. The molecule has 2 aromatic carbocycles.